The summed E-state index contributed by atoms with van der Waals surface area (Å²) in [7, 11) is 0. The van der Waals surface area contributed by atoms with E-state index >= 15 is 0 Å². The molecule has 1 aliphatic carbocycles. The number of rotatable bonds is 5. The summed E-state index contributed by atoms with van der Waals surface area (Å²) in [6.45, 7) is 0.988. The van der Waals surface area contributed by atoms with E-state index in [9.17, 15) is 4.79 Å². The van der Waals surface area contributed by atoms with Crippen LogP contribution in [0.1, 0.15) is 36.0 Å². The average molecular weight is 317 g/mol. The van der Waals surface area contributed by atoms with Crippen LogP contribution in [0.15, 0.2) is 12.1 Å². The number of anilines is 1. The van der Waals surface area contributed by atoms with Crippen molar-refractivity contribution >= 4 is 34.8 Å². The van der Waals surface area contributed by atoms with E-state index in [1.807, 2.05) is 0 Å². The van der Waals surface area contributed by atoms with E-state index in [1.165, 1.54) is 25.0 Å². The molecule has 0 spiro atoms. The number of nitrogens with two attached hydrogens (primary N) is 1. The Morgan fingerprint density at radius 2 is 1.90 bits per heavy atom. The Kier molecular flexibility index (Phi) is 5.52. The highest BCUT2D eigenvalue weighted by Crippen LogP contribution is 2.28. The Hall–Kier alpha value is -0.970. The zero-order valence-electron chi connectivity index (χ0n) is 11.1. The van der Waals surface area contributed by atoms with E-state index in [0.29, 0.717) is 24.8 Å². The lowest BCUT2D eigenvalue weighted by atomic mass is 10.2. The standard InChI is InChI=1S/C14H18Cl2N2O2/c15-11-7-9(8-12(16)13(11)17)14(19)18-5-6-20-10-3-1-2-4-10/h7-8,10H,1-6,17H2,(H,18,19). The van der Waals surface area contributed by atoms with E-state index < -0.39 is 0 Å². The van der Waals surface area contributed by atoms with E-state index in [0.717, 1.165) is 12.8 Å². The quantitative estimate of drug-likeness (QED) is 0.647. The van der Waals surface area contributed by atoms with Gasteiger partial charge in [-0.1, -0.05) is 36.0 Å². The lowest BCUT2D eigenvalue weighted by Crippen LogP contribution is -2.28. The molecule has 1 aromatic carbocycles. The fourth-order valence-electron chi connectivity index (χ4n) is 2.26. The average Bonchev–Trinajstić information content (AvgIpc) is 2.93. The van der Waals surface area contributed by atoms with Gasteiger partial charge in [0.15, 0.2) is 0 Å². The van der Waals surface area contributed by atoms with E-state index in [1.54, 1.807) is 0 Å². The largest absolute Gasteiger partial charge is 0.396 e. The first-order valence-corrected chi connectivity index (χ1v) is 7.48. The summed E-state index contributed by atoms with van der Waals surface area (Å²) in [5.41, 5.74) is 6.31. The SMILES string of the molecule is Nc1c(Cl)cc(C(=O)NCCOC2CCCC2)cc1Cl. The zero-order chi connectivity index (χ0) is 14.5. The molecule has 1 aromatic rings. The first-order chi connectivity index (χ1) is 9.58. The first kappa shape index (κ1) is 15.4. The zero-order valence-corrected chi connectivity index (χ0v) is 12.6. The van der Waals surface area contributed by atoms with Crippen molar-refractivity contribution in [1.82, 2.24) is 5.32 Å². The molecule has 0 heterocycles. The van der Waals surface area contributed by atoms with Gasteiger partial charge in [-0.05, 0) is 25.0 Å². The maximum absolute atomic E-state index is 11.9. The monoisotopic (exact) mass is 316 g/mol. The summed E-state index contributed by atoms with van der Waals surface area (Å²) in [5, 5.41) is 3.34. The molecule has 110 valence electrons. The minimum absolute atomic E-state index is 0.233. The minimum atomic E-state index is -0.233. The third kappa shape index (κ3) is 4.01. The van der Waals surface area contributed by atoms with Gasteiger partial charge in [0.05, 0.1) is 28.4 Å². The minimum Gasteiger partial charge on any atom is -0.396 e. The predicted molar refractivity (Wildman–Crippen MR) is 81.4 cm³/mol. The van der Waals surface area contributed by atoms with Gasteiger partial charge >= 0.3 is 0 Å². The second-order valence-corrected chi connectivity index (χ2v) is 5.70. The van der Waals surface area contributed by atoms with Crippen molar-refractivity contribution in [3.05, 3.63) is 27.7 Å². The van der Waals surface area contributed by atoms with Crippen LogP contribution in [0.25, 0.3) is 0 Å². The highest BCUT2D eigenvalue weighted by atomic mass is 35.5. The number of amides is 1. The normalized spacial score (nSPS) is 15.5. The molecule has 2 rings (SSSR count). The molecular formula is C14H18Cl2N2O2. The van der Waals surface area contributed by atoms with Gasteiger partial charge in [0.1, 0.15) is 0 Å². The highest BCUT2D eigenvalue weighted by Gasteiger charge is 2.15. The smallest absolute Gasteiger partial charge is 0.251 e. The van der Waals surface area contributed by atoms with Gasteiger partial charge in [0, 0.05) is 12.1 Å². The second-order valence-electron chi connectivity index (χ2n) is 4.89. The van der Waals surface area contributed by atoms with Crippen molar-refractivity contribution in [3.8, 4) is 0 Å². The summed E-state index contributed by atoms with van der Waals surface area (Å²) in [4.78, 5) is 11.9. The summed E-state index contributed by atoms with van der Waals surface area (Å²) in [6.07, 6.45) is 5.07. The fraction of sp³-hybridized carbons (Fsp3) is 0.500. The van der Waals surface area contributed by atoms with Crippen molar-refractivity contribution in [2.45, 2.75) is 31.8 Å². The van der Waals surface area contributed by atoms with Gasteiger partial charge in [0.25, 0.3) is 5.91 Å². The Labute approximate surface area is 128 Å². The van der Waals surface area contributed by atoms with Gasteiger partial charge in [-0.2, -0.15) is 0 Å². The molecule has 20 heavy (non-hydrogen) atoms. The molecule has 0 bridgehead atoms. The molecule has 0 saturated heterocycles. The van der Waals surface area contributed by atoms with Crippen molar-refractivity contribution in [2.24, 2.45) is 0 Å². The second kappa shape index (κ2) is 7.16. The van der Waals surface area contributed by atoms with Crippen molar-refractivity contribution < 1.29 is 9.53 Å². The fourth-order valence-corrected chi connectivity index (χ4v) is 2.75. The molecule has 1 amide bonds. The molecular weight excluding hydrogens is 299 g/mol. The summed E-state index contributed by atoms with van der Waals surface area (Å²) < 4.78 is 5.67. The maximum Gasteiger partial charge on any atom is 0.251 e. The third-order valence-corrected chi connectivity index (χ3v) is 4.01. The third-order valence-electron chi connectivity index (χ3n) is 3.38. The predicted octanol–water partition coefficient (Wildman–Crippen LogP) is 3.26. The molecule has 0 aliphatic heterocycles. The Morgan fingerprint density at radius 1 is 1.30 bits per heavy atom. The van der Waals surface area contributed by atoms with Gasteiger partial charge in [-0.3, -0.25) is 4.79 Å². The number of carbonyl (C=O) groups is 1. The van der Waals surface area contributed by atoms with Crippen LogP contribution in [0.3, 0.4) is 0 Å². The number of benzene rings is 1. The van der Waals surface area contributed by atoms with Crippen LogP contribution in [-0.4, -0.2) is 25.2 Å². The number of carbonyl (C=O) groups excluding carboxylic acids is 1. The molecule has 1 saturated carbocycles. The number of ether oxygens (including phenoxy) is 1. The van der Waals surface area contributed by atoms with Crippen LogP contribution in [0.5, 0.6) is 0 Å². The van der Waals surface area contributed by atoms with E-state index in [2.05, 4.69) is 5.32 Å². The van der Waals surface area contributed by atoms with Crippen LogP contribution in [0.2, 0.25) is 10.0 Å². The van der Waals surface area contributed by atoms with E-state index in [-0.39, 0.29) is 21.6 Å². The van der Waals surface area contributed by atoms with E-state index in [4.69, 9.17) is 33.7 Å². The molecule has 1 aliphatic rings. The number of nitrogen functional groups attached to an aromatic ring is 1. The first-order valence-electron chi connectivity index (χ1n) is 6.72. The van der Waals surface area contributed by atoms with Crippen molar-refractivity contribution in [3.63, 3.8) is 0 Å². The van der Waals surface area contributed by atoms with Crippen molar-refractivity contribution in [2.75, 3.05) is 18.9 Å². The molecule has 3 N–H and O–H groups in total. The molecule has 0 unspecified atom stereocenters. The van der Waals surface area contributed by atoms with Crippen LogP contribution in [-0.2, 0) is 4.74 Å². The maximum atomic E-state index is 11.9. The molecule has 0 atom stereocenters. The summed E-state index contributed by atoms with van der Waals surface area (Å²) in [6, 6.07) is 3.02. The van der Waals surface area contributed by atoms with Crippen LogP contribution < -0.4 is 11.1 Å². The van der Waals surface area contributed by atoms with Gasteiger partial charge < -0.3 is 15.8 Å². The number of nitrogens with one attached hydrogen (secondary N) is 1. The highest BCUT2D eigenvalue weighted by molar-refractivity contribution is 6.39. The lowest BCUT2D eigenvalue weighted by molar-refractivity contribution is 0.0582. The molecule has 4 nitrogen and oxygen atoms in total. The Balaban J connectivity index is 1.79. The number of halogens is 2. The Bertz CT molecular complexity index is 465. The molecule has 0 radical (unpaired) electrons. The van der Waals surface area contributed by atoms with Crippen LogP contribution in [0.4, 0.5) is 5.69 Å². The van der Waals surface area contributed by atoms with Gasteiger partial charge in [-0.25, -0.2) is 0 Å². The van der Waals surface area contributed by atoms with Crippen molar-refractivity contribution in [1.29, 1.82) is 0 Å². The number of hydrogen-bond donors (Lipinski definition) is 2. The Morgan fingerprint density at radius 3 is 2.50 bits per heavy atom. The molecule has 0 aromatic heterocycles. The molecule has 1 fully saturated rings. The summed E-state index contributed by atoms with van der Waals surface area (Å²) in [5.74, 6) is -0.233. The molecule has 6 heteroatoms. The number of hydrogen-bond acceptors (Lipinski definition) is 3. The van der Waals surface area contributed by atoms with Gasteiger partial charge in [-0.15, -0.1) is 0 Å². The summed E-state index contributed by atoms with van der Waals surface area (Å²) >= 11 is 11.8. The van der Waals surface area contributed by atoms with Crippen LogP contribution >= 0.6 is 23.2 Å². The van der Waals surface area contributed by atoms with Crippen LogP contribution in [0, 0.1) is 0 Å². The van der Waals surface area contributed by atoms with Gasteiger partial charge in [0.2, 0.25) is 0 Å². The topological polar surface area (TPSA) is 64.4 Å². The lowest BCUT2D eigenvalue weighted by Gasteiger charge is -2.12.